The van der Waals surface area contributed by atoms with Crippen LogP contribution >= 0.6 is 0 Å². The Morgan fingerprint density at radius 3 is 3.00 bits per heavy atom. The van der Waals surface area contributed by atoms with Crippen LogP contribution < -0.4 is 16.0 Å². The SMILES string of the molecule is NC1Cc2ccccc2N(C2CCCCNC2=O)C1. The van der Waals surface area contributed by atoms with E-state index in [1.807, 2.05) is 12.1 Å². The quantitative estimate of drug-likeness (QED) is 0.792. The number of carbonyl (C=O) groups is 1. The van der Waals surface area contributed by atoms with Crippen LogP contribution in [0.2, 0.25) is 0 Å². The summed E-state index contributed by atoms with van der Waals surface area (Å²) in [5.74, 6) is 0.154. The summed E-state index contributed by atoms with van der Waals surface area (Å²) in [5, 5.41) is 3.02. The van der Waals surface area contributed by atoms with Crippen molar-refractivity contribution in [3.8, 4) is 0 Å². The van der Waals surface area contributed by atoms with Gasteiger partial charge in [0.15, 0.2) is 0 Å². The third kappa shape index (κ3) is 2.45. The van der Waals surface area contributed by atoms with Gasteiger partial charge in [-0.25, -0.2) is 0 Å². The van der Waals surface area contributed by atoms with E-state index in [4.69, 9.17) is 5.73 Å². The van der Waals surface area contributed by atoms with Gasteiger partial charge in [0.1, 0.15) is 6.04 Å². The summed E-state index contributed by atoms with van der Waals surface area (Å²) in [6.45, 7) is 1.58. The van der Waals surface area contributed by atoms with E-state index in [2.05, 4.69) is 22.3 Å². The molecule has 0 bridgehead atoms. The first-order chi connectivity index (χ1) is 9.25. The normalized spacial score (nSPS) is 27.4. The lowest BCUT2D eigenvalue weighted by atomic mass is 9.95. The van der Waals surface area contributed by atoms with Gasteiger partial charge in [0.05, 0.1) is 0 Å². The predicted octanol–water partition coefficient (Wildman–Crippen LogP) is 1.05. The number of fused-ring (bicyclic) bond motifs is 1. The number of hydrogen-bond acceptors (Lipinski definition) is 3. The average Bonchev–Trinajstić information content (AvgIpc) is 2.62. The molecule has 3 N–H and O–H groups in total. The van der Waals surface area contributed by atoms with E-state index in [1.165, 1.54) is 11.3 Å². The van der Waals surface area contributed by atoms with E-state index < -0.39 is 0 Å². The summed E-state index contributed by atoms with van der Waals surface area (Å²) in [7, 11) is 0. The first-order valence-corrected chi connectivity index (χ1v) is 7.13. The molecule has 1 fully saturated rings. The van der Waals surface area contributed by atoms with Crippen LogP contribution in [0, 0.1) is 0 Å². The van der Waals surface area contributed by atoms with Gasteiger partial charge < -0.3 is 16.0 Å². The minimum Gasteiger partial charge on any atom is -0.358 e. The molecule has 2 aliphatic rings. The molecule has 4 nitrogen and oxygen atoms in total. The second-order valence-corrected chi connectivity index (χ2v) is 5.55. The van der Waals surface area contributed by atoms with E-state index >= 15 is 0 Å². The lowest BCUT2D eigenvalue weighted by Gasteiger charge is -2.39. The fraction of sp³-hybridized carbons (Fsp3) is 0.533. The van der Waals surface area contributed by atoms with Crippen molar-refractivity contribution in [2.75, 3.05) is 18.0 Å². The molecule has 19 heavy (non-hydrogen) atoms. The molecular weight excluding hydrogens is 238 g/mol. The zero-order valence-corrected chi connectivity index (χ0v) is 11.1. The molecule has 2 unspecified atom stereocenters. The number of amides is 1. The van der Waals surface area contributed by atoms with E-state index in [0.29, 0.717) is 0 Å². The van der Waals surface area contributed by atoms with Gasteiger partial charge in [-0.05, 0) is 37.3 Å². The van der Waals surface area contributed by atoms with E-state index in [9.17, 15) is 4.79 Å². The maximum absolute atomic E-state index is 12.2. The van der Waals surface area contributed by atoms with Gasteiger partial charge in [0.25, 0.3) is 0 Å². The van der Waals surface area contributed by atoms with Gasteiger partial charge in [-0.1, -0.05) is 18.2 Å². The number of para-hydroxylation sites is 1. The smallest absolute Gasteiger partial charge is 0.242 e. The van der Waals surface area contributed by atoms with Crippen molar-refractivity contribution in [2.45, 2.75) is 37.8 Å². The van der Waals surface area contributed by atoms with Gasteiger partial charge in [0, 0.05) is 24.8 Å². The number of rotatable bonds is 1. The summed E-state index contributed by atoms with van der Waals surface area (Å²) in [5.41, 5.74) is 8.61. The van der Waals surface area contributed by atoms with Crippen LogP contribution in [0.4, 0.5) is 5.69 Å². The van der Waals surface area contributed by atoms with Crippen molar-refractivity contribution in [2.24, 2.45) is 5.73 Å². The van der Waals surface area contributed by atoms with Gasteiger partial charge in [-0.15, -0.1) is 0 Å². The Kier molecular flexibility index (Phi) is 3.42. The Hall–Kier alpha value is -1.55. The zero-order valence-electron chi connectivity index (χ0n) is 11.1. The third-order valence-electron chi connectivity index (χ3n) is 4.10. The molecule has 1 aromatic rings. The molecule has 1 amide bonds. The highest BCUT2D eigenvalue weighted by atomic mass is 16.2. The Balaban J connectivity index is 1.93. The second-order valence-electron chi connectivity index (χ2n) is 5.55. The first kappa shape index (κ1) is 12.5. The highest BCUT2D eigenvalue weighted by Gasteiger charge is 2.32. The highest BCUT2D eigenvalue weighted by Crippen LogP contribution is 2.30. The van der Waals surface area contributed by atoms with Crippen LogP contribution in [-0.4, -0.2) is 31.1 Å². The van der Waals surface area contributed by atoms with E-state index in [1.54, 1.807) is 0 Å². The fourth-order valence-electron chi connectivity index (χ4n) is 3.18. The van der Waals surface area contributed by atoms with Crippen LogP contribution in [0.25, 0.3) is 0 Å². The fourth-order valence-corrected chi connectivity index (χ4v) is 3.18. The molecule has 1 saturated heterocycles. The molecule has 0 aromatic heterocycles. The third-order valence-corrected chi connectivity index (χ3v) is 4.10. The van der Waals surface area contributed by atoms with Gasteiger partial charge in [0.2, 0.25) is 5.91 Å². The lowest BCUT2D eigenvalue weighted by molar-refractivity contribution is -0.122. The molecule has 0 saturated carbocycles. The summed E-state index contributed by atoms with van der Waals surface area (Å²) >= 11 is 0. The van der Waals surface area contributed by atoms with Crippen molar-refractivity contribution in [3.63, 3.8) is 0 Å². The van der Waals surface area contributed by atoms with Crippen LogP contribution in [0.5, 0.6) is 0 Å². The number of hydrogen-bond donors (Lipinski definition) is 2. The first-order valence-electron chi connectivity index (χ1n) is 7.13. The lowest BCUT2D eigenvalue weighted by Crippen LogP contribution is -2.53. The summed E-state index contributed by atoms with van der Waals surface area (Å²) in [6.07, 6.45) is 4.00. The molecule has 0 aliphatic carbocycles. The molecule has 3 rings (SSSR count). The van der Waals surface area contributed by atoms with E-state index in [-0.39, 0.29) is 18.0 Å². The summed E-state index contributed by atoms with van der Waals surface area (Å²) < 4.78 is 0. The second kappa shape index (κ2) is 5.21. The van der Waals surface area contributed by atoms with Gasteiger partial charge in [-0.3, -0.25) is 4.79 Å². The molecule has 4 heteroatoms. The Bertz CT molecular complexity index is 474. The van der Waals surface area contributed by atoms with Crippen LogP contribution in [0.15, 0.2) is 24.3 Å². The maximum Gasteiger partial charge on any atom is 0.242 e. The van der Waals surface area contributed by atoms with Crippen LogP contribution in [0.3, 0.4) is 0 Å². The molecule has 2 heterocycles. The number of nitrogens with zero attached hydrogens (tertiary/aromatic N) is 1. The Labute approximate surface area is 114 Å². The van der Waals surface area contributed by atoms with Gasteiger partial charge >= 0.3 is 0 Å². The molecule has 2 atom stereocenters. The number of carbonyl (C=O) groups excluding carboxylic acids is 1. The predicted molar refractivity (Wildman–Crippen MR) is 76.1 cm³/mol. The summed E-state index contributed by atoms with van der Waals surface area (Å²) in [6, 6.07) is 8.37. The number of anilines is 1. The molecule has 2 aliphatic heterocycles. The average molecular weight is 259 g/mol. The Morgan fingerprint density at radius 1 is 1.26 bits per heavy atom. The summed E-state index contributed by atoms with van der Waals surface area (Å²) in [4.78, 5) is 14.4. The van der Waals surface area contributed by atoms with Crippen LogP contribution in [0.1, 0.15) is 24.8 Å². The van der Waals surface area contributed by atoms with Crippen molar-refractivity contribution in [1.82, 2.24) is 5.32 Å². The highest BCUT2D eigenvalue weighted by molar-refractivity contribution is 5.86. The van der Waals surface area contributed by atoms with Gasteiger partial charge in [-0.2, -0.15) is 0 Å². The molecule has 102 valence electrons. The Morgan fingerprint density at radius 2 is 2.11 bits per heavy atom. The zero-order chi connectivity index (χ0) is 13.2. The van der Waals surface area contributed by atoms with E-state index in [0.717, 1.165) is 38.8 Å². The number of benzene rings is 1. The van der Waals surface area contributed by atoms with Crippen molar-refractivity contribution in [3.05, 3.63) is 29.8 Å². The number of nitrogens with two attached hydrogens (primary N) is 1. The molecule has 0 radical (unpaired) electrons. The molecular formula is C15H21N3O. The monoisotopic (exact) mass is 259 g/mol. The van der Waals surface area contributed by atoms with Crippen molar-refractivity contribution >= 4 is 11.6 Å². The van der Waals surface area contributed by atoms with Crippen molar-refractivity contribution < 1.29 is 4.79 Å². The minimum absolute atomic E-state index is 0.0602. The largest absolute Gasteiger partial charge is 0.358 e. The standard InChI is InChI=1S/C15H21N3O/c16-12-9-11-5-1-2-6-13(11)18(10-12)14-7-3-4-8-17-15(14)19/h1-2,5-6,12,14H,3-4,7-10,16H2,(H,17,19). The molecule has 0 spiro atoms. The molecule has 1 aromatic carbocycles. The number of nitrogens with one attached hydrogen (secondary N) is 1. The van der Waals surface area contributed by atoms with Crippen molar-refractivity contribution in [1.29, 1.82) is 0 Å². The maximum atomic E-state index is 12.2. The van der Waals surface area contributed by atoms with Crippen LogP contribution in [-0.2, 0) is 11.2 Å². The topological polar surface area (TPSA) is 58.4 Å². The minimum atomic E-state index is -0.0602.